The molecule has 0 aliphatic carbocycles. The number of aromatic nitrogens is 2. The quantitative estimate of drug-likeness (QED) is 0.680. The van der Waals surface area contributed by atoms with Crippen molar-refractivity contribution in [2.24, 2.45) is 0 Å². The molecule has 1 fully saturated rings. The van der Waals surface area contributed by atoms with Crippen LogP contribution in [0.5, 0.6) is 0 Å². The van der Waals surface area contributed by atoms with E-state index in [1.807, 2.05) is 19.1 Å². The Morgan fingerprint density at radius 1 is 1.15 bits per heavy atom. The fourth-order valence-corrected chi connectivity index (χ4v) is 3.43. The van der Waals surface area contributed by atoms with Gasteiger partial charge in [-0.15, -0.1) is 0 Å². The molecule has 0 saturated carbocycles. The van der Waals surface area contributed by atoms with Gasteiger partial charge in [0.2, 0.25) is 0 Å². The van der Waals surface area contributed by atoms with Crippen LogP contribution in [0.2, 0.25) is 0 Å². The highest BCUT2D eigenvalue weighted by molar-refractivity contribution is 5.88. The molecular formula is C20H32N6O. The summed E-state index contributed by atoms with van der Waals surface area (Å²) >= 11 is 0. The minimum Gasteiger partial charge on any atom is -0.379 e. The van der Waals surface area contributed by atoms with Gasteiger partial charge in [0.1, 0.15) is 17.9 Å². The predicted molar refractivity (Wildman–Crippen MR) is 110 cm³/mol. The van der Waals surface area contributed by atoms with E-state index in [9.17, 15) is 5.11 Å². The third-order valence-electron chi connectivity index (χ3n) is 5.02. The smallest absolute Gasteiger partial charge is 0.145 e. The number of benzene rings is 1. The minimum absolute atomic E-state index is 0.373. The number of aliphatic hydroxyl groups excluding tert-OH is 1. The Balaban J connectivity index is 1.68. The van der Waals surface area contributed by atoms with Crippen molar-refractivity contribution < 1.29 is 5.11 Å². The molecule has 0 spiro atoms. The van der Waals surface area contributed by atoms with Gasteiger partial charge in [-0.3, -0.25) is 9.80 Å². The monoisotopic (exact) mass is 372 g/mol. The maximum Gasteiger partial charge on any atom is 0.145 e. The first-order valence-corrected chi connectivity index (χ1v) is 9.81. The topological polar surface area (TPSA) is 67.8 Å². The molecule has 2 aromatic rings. The molecule has 3 rings (SSSR count). The molecule has 0 bridgehead atoms. The number of para-hydroxylation sites is 1. The van der Waals surface area contributed by atoms with Gasteiger partial charge in [0.05, 0.1) is 12.1 Å². The van der Waals surface area contributed by atoms with Crippen molar-refractivity contribution >= 4 is 16.7 Å². The van der Waals surface area contributed by atoms with Crippen LogP contribution < -0.4 is 5.32 Å². The molecule has 1 unspecified atom stereocenters. The van der Waals surface area contributed by atoms with Crippen LogP contribution in [-0.4, -0.2) is 89.4 Å². The Bertz CT molecular complexity index is 727. The van der Waals surface area contributed by atoms with Crippen molar-refractivity contribution in [3.63, 3.8) is 0 Å². The average Bonchev–Trinajstić information content (AvgIpc) is 2.65. The summed E-state index contributed by atoms with van der Waals surface area (Å²) in [6, 6.07) is 8.19. The van der Waals surface area contributed by atoms with Crippen molar-refractivity contribution in [2.45, 2.75) is 26.1 Å². The zero-order valence-corrected chi connectivity index (χ0v) is 16.7. The number of hydrogen-bond donors (Lipinski definition) is 2. The van der Waals surface area contributed by atoms with Crippen molar-refractivity contribution in [1.29, 1.82) is 0 Å². The highest BCUT2D eigenvalue weighted by Crippen LogP contribution is 2.21. The molecule has 7 nitrogen and oxygen atoms in total. The van der Waals surface area contributed by atoms with E-state index in [1.165, 1.54) is 0 Å². The van der Waals surface area contributed by atoms with Crippen molar-refractivity contribution in [1.82, 2.24) is 24.7 Å². The van der Waals surface area contributed by atoms with Gasteiger partial charge in [-0.1, -0.05) is 12.1 Å². The van der Waals surface area contributed by atoms with Gasteiger partial charge in [0.25, 0.3) is 0 Å². The van der Waals surface area contributed by atoms with E-state index < -0.39 is 0 Å². The van der Waals surface area contributed by atoms with Gasteiger partial charge >= 0.3 is 0 Å². The molecule has 1 atom stereocenters. The van der Waals surface area contributed by atoms with Crippen LogP contribution in [0.15, 0.2) is 24.3 Å². The Morgan fingerprint density at radius 2 is 1.89 bits per heavy atom. The molecule has 1 saturated heterocycles. The molecule has 2 heterocycles. The summed E-state index contributed by atoms with van der Waals surface area (Å²) in [4.78, 5) is 16.2. The van der Waals surface area contributed by atoms with Crippen LogP contribution in [0, 0.1) is 0 Å². The SMILES string of the molecule is CC(O)N1CCN(Cc2nc(NCCCN(C)C)c3ccccc3n2)CC1. The number of hydrogen-bond acceptors (Lipinski definition) is 7. The third-order valence-corrected chi connectivity index (χ3v) is 5.02. The van der Waals surface area contributed by atoms with Crippen molar-refractivity contribution in [3.8, 4) is 0 Å². The van der Waals surface area contributed by atoms with Gasteiger partial charge in [0.15, 0.2) is 0 Å². The second-order valence-electron chi connectivity index (χ2n) is 7.53. The first-order valence-electron chi connectivity index (χ1n) is 9.81. The molecule has 1 aliphatic heterocycles. The molecule has 1 aromatic carbocycles. The predicted octanol–water partition coefficient (Wildman–Crippen LogP) is 1.45. The van der Waals surface area contributed by atoms with Crippen LogP contribution in [0.1, 0.15) is 19.2 Å². The van der Waals surface area contributed by atoms with E-state index in [2.05, 4.69) is 46.2 Å². The number of piperazine rings is 1. The summed E-state index contributed by atoms with van der Waals surface area (Å²) in [5, 5.41) is 14.3. The van der Waals surface area contributed by atoms with E-state index in [4.69, 9.17) is 9.97 Å². The first-order chi connectivity index (χ1) is 13.0. The maximum atomic E-state index is 9.72. The fraction of sp³-hybridized carbons (Fsp3) is 0.600. The number of rotatable bonds is 8. The summed E-state index contributed by atoms with van der Waals surface area (Å²) in [6.07, 6.45) is 0.698. The van der Waals surface area contributed by atoms with Crippen LogP contribution >= 0.6 is 0 Å². The van der Waals surface area contributed by atoms with Crippen LogP contribution in [-0.2, 0) is 6.54 Å². The summed E-state index contributed by atoms with van der Waals surface area (Å²) < 4.78 is 0. The van der Waals surface area contributed by atoms with E-state index in [-0.39, 0.29) is 6.23 Å². The lowest BCUT2D eigenvalue weighted by atomic mass is 10.2. The maximum absolute atomic E-state index is 9.72. The largest absolute Gasteiger partial charge is 0.379 e. The lowest BCUT2D eigenvalue weighted by Crippen LogP contribution is -2.49. The normalized spacial score (nSPS) is 17.5. The number of nitrogens with zero attached hydrogens (tertiary/aromatic N) is 5. The highest BCUT2D eigenvalue weighted by Gasteiger charge is 2.20. The molecule has 1 aliphatic rings. The van der Waals surface area contributed by atoms with E-state index in [0.717, 1.165) is 74.8 Å². The Labute approximate surface area is 162 Å². The second kappa shape index (κ2) is 9.41. The second-order valence-corrected chi connectivity index (χ2v) is 7.53. The van der Waals surface area contributed by atoms with Gasteiger partial charge in [0, 0.05) is 38.1 Å². The fourth-order valence-electron chi connectivity index (χ4n) is 3.43. The number of fused-ring (bicyclic) bond motifs is 1. The molecule has 148 valence electrons. The molecule has 0 amide bonds. The highest BCUT2D eigenvalue weighted by atomic mass is 16.3. The molecule has 27 heavy (non-hydrogen) atoms. The molecule has 1 aromatic heterocycles. The number of anilines is 1. The summed E-state index contributed by atoms with van der Waals surface area (Å²) in [5.74, 6) is 1.78. The van der Waals surface area contributed by atoms with Gasteiger partial charge in [-0.05, 0) is 46.1 Å². The molecule has 7 heteroatoms. The Morgan fingerprint density at radius 3 is 2.59 bits per heavy atom. The first kappa shape index (κ1) is 19.9. The minimum atomic E-state index is -0.373. The van der Waals surface area contributed by atoms with E-state index >= 15 is 0 Å². The zero-order chi connectivity index (χ0) is 19.2. The lowest BCUT2D eigenvalue weighted by Gasteiger charge is -2.35. The van der Waals surface area contributed by atoms with Crippen LogP contribution in [0.4, 0.5) is 5.82 Å². The van der Waals surface area contributed by atoms with Gasteiger partial charge in [-0.2, -0.15) is 0 Å². The van der Waals surface area contributed by atoms with E-state index in [0.29, 0.717) is 0 Å². The van der Waals surface area contributed by atoms with Gasteiger partial charge in [-0.25, -0.2) is 9.97 Å². The van der Waals surface area contributed by atoms with Crippen molar-refractivity contribution in [2.75, 3.05) is 58.7 Å². The Hall–Kier alpha value is -1.80. The standard InChI is InChI=1S/C20H32N6O/c1-16(27)26-13-11-25(12-14-26)15-19-22-18-8-5-4-7-17(18)20(23-19)21-9-6-10-24(2)3/h4-5,7-8,16,27H,6,9-15H2,1-3H3,(H,21,22,23). The summed E-state index contributed by atoms with van der Waals surface area (Å²) in [5.41, 5.74) is 0.986. The molecular weight excluding hydrogens is 340 g/mol. The van der Waals surface area contributed by atoms with Crippen molar-refractivity contribution in [3.05, 3.63) is 30.1 Å². The lowest BCUT2D eigenvalue weighted by molar-refractivity contribution is -0.0145. The van der Waals surface area contributed by atoms with Crippen LogP contribution in [0.3, 0.4) is 0 Å². The summed E-state index contributed by atoms with van der Waals surface area (Å²) in [7, 11) is 4.19. The van der Waals surface area contributed by atoms with Crippen LogP contribution in [0.25, 0.3) is 10.9 Å². The number of aliphatic hydroxyl groups is 1. The van der Waals surface area contributed by atoms with E-state index in [1.54, 1.807) is 0 Å². The zero-order valence-electron chi connectivity index (χ0n) is 16.7. The number of nitrogens with one attached hydrogen (secondary N) is 1. The molecule has 2 N–H and O–H groups in total. The Kier molecular flexibility index (Phi) is 6.95. The summed E-state index contributed by atoms with van der Waals surface area (Å²) in [6.45, 7) is 8.12. The average molecular weight is 373 g/mol. The molecule has 0 radical (unpaired) electrons. The van der Waals surface area contributed by atoms with Gasteiger partial charge < -0.3 is 15.3 Å². The third kappa shape index (κ3) is 5.59.